The van der Waals surface area contributed by atoms with Gasteiger partial charge in [0.25, 0.3) is 0 Å². The number of hydrogen-bond acceptors (Lipinski definition) is 5. The molecule has 1 N–H and O–H groups in total. The first-order valence-corrected chi connectivity index (χ1v) is 9.47. The summed E-state index contributed by atoms with van der Waals surface area (Å²) in [6.07, 6.45) is -1.11. The summed E-state index contributed by atoms with van der Waals surface area (Å²) in [5, 5.41) is 16.2. The number of piperidine rings is 1. The van der Waals surface area contributed by atoms with E-state index in [1.165, 1.54) is 12.8 Å². The third-order valence-electron chi connectivity index (χ3n) is 5.32. The number of hydrogen-bond donors (Lipinski definition) is 1. The number of aliphatic carboxylic acids is 1. The van der Waals surface area contributed by atoms with Gasteiger partial charge in [-0.15, -0.1) is 0 Å². The highest BCUT2D eigenvalue weighted by molar-refractivity contribution is 5.97. The second-order valence-corrected chi connectivity index (χ2v) is 7.28. The molecule has 3 rings (SSSR count). The molecule has 0 aliphatic carbocycles. The maximum absolute atomic E-state index is 12.7. The van der Waals surface area contributed by atoms with Gasteiger partial charge in [0.15, 0.2) is 0 Å². The van der Waals surface area contributed by atoms with E-state index in [2.05, 4.69) is 11.0 Å². The fraction of sp³-hybridized carbons (Fsp3) is 0.550. The molecule has 0 saturated carbocycles. The van der Waals surface area contributed by atoms with Crippen molar-refractivity contribution in [3.05, 3.63) is 29.8 Å². The van der Waals surface area contributed by atoms with E-state index in [-0.39, 0.29) is 11.4 Å². The molecule has 0 aromatic heterocycles. The number of nitriles is 1. The zero-order valence-electron chi connectivity index (χ0n) is 16.6. The van der Waals surface area contributed by atoms with Crippen molar-refractivity contribution < 1.29 is 32.6 Å². The van der Waals surface area contributed by atoms with Crippen LogP contribution in [0.4, 0.5) is 18.9 Å². The van der Waals surface area contributed by atoms with Gasteiger partial charge in [-0.05, 0) is 37.6 Å². The Balaban J connectivity index is 0.000000396. The summed E-state index contributed by atoms with van der Waals surface area (Å²) >= 11 is 0. The lowest BCUT2D eigenvalue weighted by Gasteiger charge is -2.44. The maximum Gasteiger partial charge on any atom is 0.490 e. The van der Waals surface area contributed by atoms with Gasteiger partial charge < -0.3 is 14.7 Å². The minimum atomic E-state index is -5.08. The Morgan fingerprint density at radius 2 is 2.07 bits per heavy atom. The molecule has 164 valence electrons. The van der Waals surface area contributed by atoms with Crippen LogP contribution in [0.1, 0.15) is 31.2 Å². The number of anilines is 1. The van der Waals surface area contributed by atoms with E-state index < -0.39 is 12.1 Å². The Labute approximate surface area is 172 Å². The monoisotopic (exact) mass is 427 g/mol. The zero-order valence-corrected chi connectivity index (χ0v) is 16.6. The van der Waals surface area contributed by atoms with Crippen LogP contribution in [0.5, 0.6) is 0 Å². The van der Waals surface area contributed by atoms with E-state index in [9.17, 15) is 18.0 Å². The Kier molecular flexibility index (Phi) is 7.81. The van der Waals surface area contributed by atoms with Gasteiger partial charge in [0.1, 0.15) is 0 Å². The van der Waals surface area contributed by atoms with Gasteiger partial charge in [0.05, 0.1) is 18.2 Å². The van der Waals surface area contributed by atoms with Crippen LogP contribution in [-0.2, 0) is 14.3 Å². The highest BCUT2D eigenvalue weighted by Gasteiger charge is 2.48. The number of alkyl halides is 3. The van der Waals surface area contributed by atoms with Crippen LogP contribution >= 0.6 is 0 Å². The smallest absolute Gasteiger partial charge is 0.475 e. The van der Waals surface area contributed by atoms with Gasteiger partial charge in [0, 0.05) is 37.8 Å². The predicted octanol–water partition coefficient (Wildman–Crippen LogP) is 2.80. The van der Waals surface area contributed by atoms with Crippen LogP contribution in [-0.4, -0.2) is 66.9 Å². The van der Waals surface area contributed by atoms with E-state index in [1.54, 1.807) is 19.2 Å². The fourth-order valence-corrected chi connectivity index (χ4v) is 3.88. The normalized spacial score (nSPS) is 21.8. The summed E-state index contributed by atoms with van der Waals surface area (Å²) in [6.45, 7) is 3.31. The molecular weight excluding hydrogens is 403 g/mol. The molecule has 7 nitrogen and oxygen atoms in total. The Morgan fingerprint density at radius 3 is 2.67 bits per heavy atom. The van der Waals surface area contributed by atoms with Crippen molar-refractivity contribution in [1.82, 2.24) is 4.90 Å². The SMILES string of the molecule is COCCN1CCCCC12CC(=O)N(c1cccc(C#N)c1)C2.O=C(O)C(F)(F)F. The van der Waals surface area contributed by atoms with Crippen LogP contribution in [0, 0.1) is 11.3 Å². The number of carboxylic acid groups (broad SMARTS) is 1. The minimum Gasteiger partial charge on any atom is -0.475 e. The number of carboxylic acids is 1. The molecule has 1 atom stereocenters. The summed E-state index contributed by atoms with van der Waals surface area (Å²) in [5.74, 6) is -2.60. The highest BCUT2D eigenvalue weighted by Crippen LogP contribution is 2.39. The van der Waals surface area contributed by atoms with Crippen molar-refractivity contribution in [2.75, 3.05) is 38.3 Å². The molecule has 1 spiro atoms. The standard InChI is InChI=1S/C18H23N3O2.C2HF3O2/c1-23-10-9-20-8-3-2-7-18(20)12-17(22)21(14-18)16-6-4-5-15(11-16)13-19;3-2(4,5)1(6)7/h4-6,11H,2-3,7-10,12,14H2,1H3;(H,6,7). The zero-order chi connectivity index (χ0) is 22.4. The number of rotatable bonds is 4. The molecule has 1 unspecified atom stereocenters. The topological polar surface area (TPSA) is 93.9 Å². The van der Waals surface area contributed by atoms with Crippen LogP contribution in [0.3, 0.4) is 0 Å². The largest absolute Gasteiger partial charge is 0.490 e. The second-order valence-electron chi connectivity index (χ2n) is 7.28. The number of halogens is 3. The van der Waals surface area contributed by atoms with E-state index in [4.69, 9.17) is 19.9 Å². The average molecular weight is 427 g/mol. The molecule has 0 bridgehead atoms. The molecule has 30 heavy (non-hydrogen) atoms. The quantitative estimate of drug-likeness (QED) is 0.794. The van der Waals surface area contributed by atoms with Gasteiger partial charge in [-0.1, -0.05) is 12.5 Å². The number of nitrogens with zero attached hydrogens (tertiary/aromatic N) is 3. The molecule has 2 heterocycles. The molecule has 1 aromatic rings. The number of carbonyl (C=O) groups excluding carboxylic acids is 1. The predicted molar refractivity (Wildman–Crippen MR) is 102 cm³/mol. The molecular formula is C20H24F3N3O4. The third kappa shape index (κ3) is 5.70. The van der Waals surface area contributed by atoms with Crippen molar-refractivity contribution in [2.45, 2.75) is 37.4 Å². The third-order valence-corrected chi connectivity index (χ3v) is 5.32. The molecule has 10 heteroatoms. The molecule has 2 aliphatic rings. The summed E-state index contributed by atoms with van der Waals surface area (Å²) in [7, 11) is 1.72. The Bertz CT molecular complexity index is 809. The number of ether oxygens (including phenoxy) is 1. The number of carbonyl (C=O) groups is 2. The number of benzene rings is 1. The highest BCUT2D eigenvalue weighted by atomic mass is 19.4. The van der Waals surface area contributed by atoms with Gasteiger partial charge in [-0.2, -0.15) is 18.4 Å². The first kappa shape index (κ1) is 23.6. The van der Waals surface area contributed by atoms with Gasteiger partial charge in [-0.3, -0.25) is 9.69 Å². The van der Waals surface area contributed by atoms with Crippen molar-refractivity contribution >= 4 is 17.6 Å². The maximum atomic E-state index is 12.7. The van der Waals surface area contributed by atoms with Gasteiger partial charge >= 0.3 is 12.1 Å². The molecule has 0 radical (unpaired) electrons. The first-order chi connectivity index (χ1) is 14.1. The second kappa shape index (κ2) is 9.91. The van der Waals surface area contributed by atoms with Crippen LogP contribution < -0.4 is 4.90 Å². The van der Waals surface area contributed by atoms with E-state index in [1.807, 2.05) is 17.0 Å². The Hall–Kier alpha value is -2.64. The lowest BCUT2D eigenvalue weighted by molar-refractivity contribution is -0.192. The lowest BCUT2D eigenvalue weighted by Crippen LogP contribution is -2.54. The molecule has 2 saturated heterocycles. The van der Waals surface area contributed by atoms with Crippen molar-refractivity contribution in [3.63, 3.8) is 0 Å². The van der Waals surface area contributed by atoms with E-state index >= 15 is 0 Å². The van der Waals surface area contributed by atoms with Crippen LogP contribution in [0.15, 0.2) is 24.3 Å². The van der Waals surface area contributed by atoms with Crippen molar-refractivity contribution in [2.24, 2.45) is 0 Å². The van der Waals surface area contributed by atoms with Crippen LogP contribution in [0.2, 0.25) is 0 Å². The number of methoxy groups -OCH3 is 1. The van der Waals surface area contributed by atoms with E-state index in [0.717, 1.165) is 25.2 Å². The van der Waals surface area contributed by atoms with Crippen LogP contribution in [0.25, 0.3) is 0 Å². The Morgan fingerprint density at radius 1 is 1.37 bits per heavy atom. The number of likely N-dealkylation sites (tertiary alicyclic amines) is 1. The molecule has 2 fully saturated rings. The average Bonchev–Trinajstić information content (AvgIpc) is 3.03. The summed E-state index contributed by atoms with van der Waals surface area (Å²) in [4.78, 5) is 25.8. The lowest BCUT2D eigenvalue weighted by atomic mass is 9.85. The molecule has 1 aromatic carbocycles. The summed E-state index contributed by atoms with van der Waals surface area (Å²) in [6, 6.07) is 9.48. The minimum absolute atomic E-state index is 0.0729. The molecule has 1 amide bonds. The number of amides is 1. The van der Waals surface area contributed by atoms with E-state index in [0.29, 0.717) is 25.1 Å². The summed E-state index contributed by atoms with van der Waals surface area (Å²) in [5.41, 5.74) is 1.36. The van der Waals surface area contributed by atoms with Gasteiger partial charge in [0.2, 0.25) is 5.91 Å². The van der Waals surface area contributed by atoms with Crippen molar-refractivity contribution in [1.29, 1.82) is 5.26 Å². The van der Waals surface area contributed by atoms with Crippen molar-refractivity contribution in [3.8, 4) is 6.07 Å². The first-order valence-electron chi connectivity index (χ1n) is 9.47. The van der Waals surface area contributed by atoms with Gasteiger partial charge in [-0.25, -0.2) is 4.79 Å². The fourth-order valence-electron chi connectivity index (χ4n) is 3.88. The summed E-state index contributed by atoms with van der Waals surface area (Å²) < 4.78 is 37.0. The molecule has 2 aliphatic heterocycles.